The Labute approximate surface area is 183 Å². The second-order valence-corrected chi connectivity index (χ2v) is 8.03. The van der Waals surface area contributed by atoms with Crippen LogP contribution in [0.25, 0.3) is 6.08 Å². The summed E-state index contributed by atoms with van der Waals surface area (Å²) < 4.78 is 0. The topological polar surface area (TPSA) is 69.7 Å². The molecule has 0 saturated carbocycles. The molecular formula is C25H29N3O3. The zero-order valence-electron chi connectivity index (χ0n) is 18.3. The smallest absolute Gasteiger partial charge is 0.253 e. The summed E-state index contributed by atoms with van der Waals surface area (Å²) in [5.41, 5.74) is 3.49. The van der Waals surface area contributed by atoms with Crippen molar-refractivity contribution in [2.24, 2.45) is 0 Å². The quantitative estimate of drug-likeness (QED) is 0.750. The van der Waals surface area contributed by atoms with Crippen LogP contribution in [0.2, 0.25) is 0 Å². The van der Waals surface area contributed by atoms with Gasteiger partial charge in [0.2, 0.25) is 11.8 Å². The second-order valence-electron chi connectivity index (χ2n) is 8.03. The molecule has 1 N–H and O–H groups in total. The number of carbonyl (C=O) groups is 3. The molecule has 1 fully saturated rings. The fourth-order valence-electron chi connectivity index (χ4n) is 3.48. The number of carbonyl (C=O) groups excluding carboxylic acids is 3. The lowest BCUT2D eigenvalue weighted by Crippen LogP contribution is -2.50. The summed E-state index contributed by atoms with van der Waals surface area (Å²) in [5.74, 6) is 0.252. The van der Waals surface area contributed by atoms with Gasteiger partial charge in [-0.1, -0.05) is 38.1 Å². The van der Waals surface area contributed by atoms with E-state index in [-0.39, 0.29) is 17.7 Å². The van der Waals surface area contributed by atoms with E-state index in [1.54, 1.807) is 34.1 Å². The minimum atomic E-state index is -0.122. The Kier molecular flexibility index (Phi) is 7.23. The minimum absolute atomic E-state index is 0.0113. The van der Waals surface area contributed by atoms with E-state index in [1.165, 1.54) is 12.5 Å². The molecule has 0 unspecified atom stereocenters. The first-order valence-corrected chi connectivity index (χ1v) is 10.6. The predicted octanol–water partition coefficient (Wildman–Crippen LogP) is 3.77. The van der Waals surface area contributed by atoms with Crippen molar-refractivity contribution in [1.29, 1.82) is 0 Å². The van der Waals surface area contributed by atoms with Gasteiger partial charge >= 0.3 is 0 Å². The average molecular weight is 420 g/mol. The van der Waals surface area contributed by atoms with Crippen LogP contribution in [-0.4, -0.2) is 53.7 Å². The highest BCUT2D eigenvalue weighted by Gasteiger charge is 2.23. The maximum absolute atomic E-state index is 12.7. The first-order valence-electron chi connectivity index (χ1n) is 10.6. The van der Waals surface area contributed by atoms with Crippen molar-refractivity contribution < 1.29 is 14.4 Å². The molecule has 162 valence electrons. The molecule has 1 heterocycles. The van der Waals surface area contributed by atoms with Crippen molar-refractivity contribution in [1.82, 2.24) is 9.80 Å². The van der Waals surface area contributed by atoms with Crippen LogP contribution in [0.1, 0.15) is 48.2 Å². The number of nitrogens with zero attached hydrogens (tertiary/aromatic N) is 2. The van der Waals surface area contributed by atoms with E-state index in [2.05, 4.69) is 19.2 Å². The van der Waals surface area contributed by atoms with E-state index in [0.717, 1.165) is 11.3 Å². The fourth-order valence-corrected chi connectivity index (χ4v) is 3.48. The Bertz CT molecular complexity index is 955. The van der Waals surface area contributed by atoms with Crippen molar-refractivity contribution in [3.63, 3.8) is 0 Å². The molecule has 1 aliphatic rings. The summed E-state index contributed by atoms with van der Waals surface area (Å²) >= 11 is 0. The lowest BCUT2D eigenvalue weighted by molar-refractivity contribution is -0.127. The molecule has 31 heavy (non-hydrogen) atoms. The number of nitrogens with one attached hydrogen (secondary N) is 1. The number of amides is 3. The van der Waals surface area contributed by atoms with Crippen molar-refractivity contribution in [2.45, 2.75) is 26.7 Å². The highest BCUT2D eigenvalue weighted by Crippen LogP contribution is 2.17. The summed E-state index contributed by atoms with van der Waals surface area (Å²) in [6, 6.07) is 15.1. The molecule has 0 atom stereocenters. The molecule has 2 aromatic carbocycles. The first kappa shape index (κ1) is 22.3. The van der Waals surface area contributed by atoms with Crippen LogP contribution >= 0.6 is 0 Å². The Morgan fingerprint density at radius 3 is 2.00 bits per heavy atom. The van der Waals surface area contributed by atoms with Crippen LogP contribution in [0.4, 0.5) is 5.69 Å². The van der Waals surface area contributed by atoms with E-state index in [0.29, 0.717) is 37.7 Å². The van der Waals surface area contributed by atoms with Crippen LogP contribution in [0.3, 0.4) is 0 Å². The van der Waals surface area contributed by atoms with Gasteiger partial charge in [-0.05, 0) is 47.4 Å². The maximum atomic E-state index is 12.7. The number of hydrogen-bond donors (Lipinski definition) is 1. The Hall–Kier alpha value is -3.41. The second kappa shape index (κ2) is 10.1. The van der Waals surface area contributed by atoms with Crippen molar-refractivity contribution >= 4 is 29.5 Å². The van der Waals surface area contributed by atoms with Crippen LogP contribution in [0.15, 0.2) is 54.6 Å². The van der Waals surface area contributed by atoms with Crippen LogP contribution in [-0.2, 0) is 9.59 Å². The molecule has 0 radical (unpaired) electrons. The largest absolute Gasteiger partial charge is 0.336 e. The molecule has 0 aromatic heterocycles. The number of hydrogen-bond acceptors (Lipinski definition) is 3. The zero-order chi connectivity index (χ0) is 22.4. The Morgan fingerprint density at radius 2 is 1.45 bits per heavy atom. The van der Waals surface area contributed by atoms with Crippen molar-refractivity contribution in [2.75, 3.05) is 31.5 Å². The Morgan fingerprint density at radius 1 is 0.871 bits per heavy atom. The minimum Gasteiger partial charge on any atom is -0.336 e. The number of anilines is 1. The summed E-state index contributed by atoms with van der Waals surface area (Å²) in [4.78, 5) is 39.9. The predicted molar refractivity (Wildman–Crippen MR) is 123 cm³/mol. The van der Waals surface area contributed by atoms with Gasteiger partial charge in [-0.15, -0.1) is 0 Å². The van der Waals surface area contributed by atoms with Gasteiger partial charge in [-0.25, -0.2) is 0 Å². The van der Waals surface area contributed by atoms with Gasteiger partial charge < -0.3 is 15.1 Å². The van der Waals surface area contributed by atoms with Crippen LogP contribution < -0.4 is 5.32 Å². The molecular weight excluding hydrogens is 390 g/mol. The maximum Gasteiger partial charge on any atom is 0.253 e. The molecule has 1 saturated heterocycles. The number of piperazine rings is 1. The monoisotopic (exact) mass is 419 g/mol. The summed E-state index contributed by atoms with van der Waals surface area (Å²) in [6.45, 7) is 7.79. The van der Waals surface area contributed by atoms with Gasteiger partial charge in [0, 0.05) is 50.4 Å². The SMILES string of the molecule is CC(=O)Nc1ccc(/C=C/C(=O)N2CCN(C(=O)c3ccc(C(C)C)cc3)CC2)cc1. The highest BCUT2D eigenvalue weighted by atomic mass is 16.2. The number of rotatable bonds is 5. The van der Waals surface area contributed by atoms with E-state index < -0.39 is 0 Å². The molecule has 3 rings (SSSR count). The third-order valence-electron chi connectivity index (χ3n) is 5.35. The van der Waals surface area contributed by atoms with Crippen LogP contribution in [0, 0.1) is 0 Å². The van der Waals surface area contributed by atoms with Crippen molar-refractivity contribution in [3.8, 4) is 0 Å². The van der Waals surface area contributed by atoms with Gasteiger partial charge in [0.05, 0.1) is 0 Å². The van der Waals surface area contributed by atoms with E-state index in [9.17, 15) is 14.4 Å². The van der Waals surface area contributed by atoms with Gasteiger partial charge in [0.25, 0.3) is 5.91 Å². The van der Waals surface area contributed by atoms with Gasteiger partial charge in [0.1, 0.15) is 0 Å². The van der Waals surface area contributed by atoms with E-state index in [1.807, 2.05) is 36.4 Å². The van der Waals surface area contributed by atoms with E-state index >= 15 is 0 Å². The normalized spacial score (nSPS) is 14.2. The fraction of sp³-hybridized carbons (Fsp3) is 0.320. The number of benzene rings is 2. The average Bonchev–Trinajstić information content (AvgIpc) is 2.77. The third kappa shape index (κ3) is 6.04. The molecule has 0 aliphatic carbocycles. The van der Waals surface area contributed by atoms with Crippen LogP contribution in [0.5, 0.6) is 0 Å². The Balaban J connectivity index is 1.51. The van der Waals surface area contributed by atoms with Gasteiger partial charge in [-0.3, -0.25) is 14.4 Å². The zero-order valence-corrected chi connectivity index (χ0v) is 18.3. The molecule has 0 bridgehead atoms. The van der Waals surface area contributed by atoms with Gasteiger partial charge in [0.15, 0.2) is 0 Å². The standard InChI is InChI=1S/C25H29N3O3/c1-18(2)21-7-9-22(10-8-21)25(31)28-16-14-27(15-17-28)24(30)13-6-20-4-11-23(12-5-20)26-19(3)29/h4-13,18H,14-17H2,1-3H3,(H,26,29)/b13-6+. The molecule has 2 aromatic rings. The third-order valence-corrected chi connectivity index (χ3v) is 5.35. The molecule has 6 heteroatoms. The molecule has 0 spiro atoms. The summed E-state index contributed by atoms with van der Waals surface area (Å²) in [5, 5.41) is 2.71. The molecule has 3 amide bonds. The van der Waals surface area contributed by atoms with Crippen molar-refractivity contribution in [3.05, 3.63) is 71.3 Å². The van der Waals surface area contributed by atoms with Gasteiger partial charge in [-0.2, -0.15) is 0 Å². The molecule has 6 nitrogen and oxygen atoms in total. The summed E-state index contributed by atoms with van der Waals surface area (Å²) in [7, 11) is 0. The molecule has 1 aliphatic heterocycles. The first-order chi connectivity index (χ1) is 14.8. The highest BCUT2D eigenvalue weighted by molar-refractivity contribution is 5.95. The lowest BCUT2D eigenvalue weighted by Gasteiger charge is -2.34. The summed E-state index contributed by atoms with van der Waals surface area (Å²) in [6.07, 6.45) is 3.31. The van der Waals surface area contributed by atoms with E-state index in [4.69, 9.17) is 0 Å². The lowest BCUT2D eigenvalue weighted by atomic mass is 10.0.